The Balaban J connectivity index is 2.08. The summed E-state index contributed by atoms with van der Waals surface area (Å²) in [6.45, 7) is 3.00. The highest BCUT2D eigenvalue weighted by molar-refractivity contribution is 7.10. The zero-order valence-electron chi connectivity index (χ0n) is 11.1. The van der Waals surface area contributed by atoms with E-state index < -0.39 is 0 Å². The number of hydrogen-bond donors (Lipinski definition) is 2. The lowest BCUT2D eigenvalue weighted by atomic mass is 10.1. The molecule has 0 bridgehead atoms. The lowest BCUT2D eigenvalue weighted by molar-refractivity contribution is 0.256. The number of rotatable bonds is 5. The highest BCUT2D eigenvalue weighted by Crippen LogP contribution is 2.24. The number of hydrogen-bond acceptors (Lipinski definition) is 4. The van der Waals surface area contributed by atoms with E-state index in [9.17, 15) is 0 Å². The quantitative estimate of drug-likeness (QED) is 0.650. The number of nitrogen functional groups attached to an aromatic ring is 1. The lowest BCUT2D eigenvalue weighted by Gasteiger charge is -2.23. The third-order valence-electron chi connectivity index (χ3n) is 3.15. The number of aromatic nitrogens is 1. The number of nitrogens with two attached hydrogens (primary N) is 1. The second-order valence-corrected chi connectivity index (χ2v) is 5.55. The molecule has 0 aliphatic carbocycles. The maximum absolute atomic E-state index is 7.42. The van der Waals surface area contributed by atoms with Crippen molar-refractivity contribution < 1.29 is 0 Å². The number of thiophene rings is 1. The molecule has 0 saturated heterocycles. The Morgan fingerprint density at radius 1 is 1.53 bits per heavy atom. The van der Waals surface area contributed by atoms with E-state index in [1.807, 2.05) is 12.1 Å². The summed E-state index contributed by atoms with van der Waals surface area (Å²) in [4.78, 5) is 7.69. The third kappa shape index (κ3) is 3.39. The van der Waals surface area contributed by atoms with Crippen LogP contribution in [-0.2, 0) is 6.54 Å². The van der Waals surface area contributed by atoms with Crippen molar-refractivity contribution >= 4 is 17.2 Å². The molecule has 0 aliphatic heterocycles. The van der Waals surface area contributed by atoms with Gasteiger partial charge in [0.15, 0.2) is 0 Å². The molecule has 19 heavy (non-hydrogen) atoms. The van der Waals surface area contributed by atoms with Gasteiger partial charge in [-0.15, -0.1) is 11.3 Å². The summed E-state index contributed by atoms with van der Waals surface area (Å²) < 4.78 is 0. The van der Waals surface area contributed by atoms with Crippen LogP contribution in [0.2, 0.25) is 0 Å². The Labute approximate surface area is 117 Å². The molecule has 2 heterocycles. The van der Waals surface area contributed by atoms with Crippen molar-refractivity contribution in [3.63, 3.8) is 0 Å². The summed E-state index contributed by atoms with van der Waals surface area (Å²) in [5.74, 6) is 0.0100. The summed E-state index contributed by atoms with van der Waals surface area (Å²) in [6, 6.07) is 8.43. The molecule has 1 atom stereocenters. The Bertz CT molecular complexity index is 550. The van der Waals surface area contributed by atoms with E-state index in [1.54, 1.807) is 17.5 Å². The van der Waals surface area contributed by atoms with Crippen molar-refractivity contribution in [1.29, 1.82) is 5.41 Å². The molecule has 100 valence electrons. The first-order valence-corrected chi connectivity index (χ1v) is 6.99. The highest BCUT2D eigenvalue weighted by Gasteiger charge is 2.13. The van der Waals surface area contributed by atoms with E-state index in [0.717, 1.165) is 12.1 Å². The standard InChI is InChI=1S/C14H18N4S/c1-10(13-4-3-7-19-13)18(2)9-11-5-6-17-12(8-11)14(15)16/h3-8,10H,9H2,1-2H3,(H3,15,16). The monoisotopic (exact) mass is 274 g/mol. The van der Waals surface area contributed by atoms with Gasteiger partial charge in [-0.1, -0.05) is 6.07 Å². The van der Waals surface area contributed by atoms with Gasteiger partial charge in [0, 0.05) is 23.7 Å². The molecular formula is C14H18N4S. The Kier molecular flexibility index (Phi) is 4.29. The summed E-state index contributed by atoms with van der Waals surface area (Å²) in [5.41, 5.74) is 7.11. The van der Waals surface area contributed by atoms with Crippen LogP contribution >= 0.6 is 11.3 Å². The molecule has 0 aliphatic rings. The first-order valence-electron chi connectivity index (χ1n) is 6.11. The van der Waals surface area contributed by atoms with Crippen LogP contribution in [-0.4, -0.2) is 22.8 Å². The summed E-state index contributed by atoms with van der Waals surface area (Å²) in [5, 5.41) is 9.51. The van der Waals surface area contributed by atoms with Crippen molar-refractivity contribution in [1.82, 2.24) is 9.88 Å². The smallest absolute Gasteiger partial charge is 0.141 e. The third-order valence-corrected chi connectivity index (χ3v) is 4.19. The van der Waals surface area contributed by atoms with Crippen molar-refractivity contribution in [3.8, 4) is 0 Å². The van der Waals surface area contributed by atoms with Gasteiger partial charge in [0.1, 0.15) is 11.5 Å². The average Bonchev–Trinajstić information content (AvgIpc) is 2.92. The van der Waals surface area contributed by atoms with E-state index in [-0.39, 0.29) is 5.84 Å². The predicted octanol–water partition coefficient (Wildman–Crippen LogP) is 2.62. The van der Waals surface area contributed by atoms with Crippen LogP contribution < -0.4 is 5.73 Å². The van der Waals surface area contributed by atoms with E-state index in [2.05, 4.69) is 41.4 Å². The second-order valence-electron chi connectivity index (χ2n) is 4.57. The van der Waals surface area contributed by atoms with E-state index in [0.29, 0.717) is 11.7 Å². The van der Waals surface area contributed by atoms with E-state index >= 15 is 0 Å². The number of nitrogens with one attached hydrogen (secondary N) is 1. The van der Waals surface area contributed by atoms with Gasteiger partial charge < -0.3 is 5.73 Å². The molecule has 2 aromatic rings. The maximum Gasteiger partial charge on any atom is 0.141 e. The summed E-state index contributed by atoms with van der Waals surface area (Å²) >= 11 is 1.77. The van der Waals surface area contributed by atoms with Gasteiger partial charge in [0.2, 0.25) is 0 Å². The summed E-state index contributed by atoms with van der Waals surface area (Å²) in [7, 11) is 2.10. The second kappa shape index (κ2) is 5.95. The lowest BCUT2D eigenvalue weighted by Crippen LogP contribution is -2.22. The molecule has 0 aromatic carbocycles. The van der Waals surface area contributed by atoms with Crippen LogP contribution in [0.25, 0.3) is 0 Å². The first kappa shape index (κ1) is 13.7. The zero-order valence-corrected chi connectivity index (χ0v) is 11.9. The van der Waals surface area contributed by atoms with Crippen molar-refractivity contribution in [2.24, 2.45) is 5.73 Å². The van der Waals surface area contributed by atoms with Gasteiger partial charge in [-0.2, -0.15) is 0 Å². The van der Waals surface area contributed by atoms with Crippen molar-refractivity contribution in [3.05, 3.63) is 52.0 Å². The summed E-state index contributed by atoms with van der Waals surface area (Å²) in [6.07, 6.45) is 1.70. The average molecular weight is 274 g/mol. The van der Waals surface area contributed by atoms with Gasteiger partial charge >= 0.3 is 0 Å². The fraction of sp³-hybridized carbons (Fsp3) is 0.286. The molecule has 0 amide bonds. The van der Waals surface area contributed by atoms with Crippen LogP contribution in [0.15, 0.2) is 35.8 Å². The molecule has 4 nitrogen and oxygen atoms in total. The van der Waals surface area contributed by atoms with Gasteiger partial charge in [-0.05, 0) is 43.1 Å². The van der Waals surface area contributed by atoms with E-state index in [4.69, 9.17) is 11.1 Å². The minimum Gasteiger partial charge on any atom is -0.382 e. The van der Waals surface area contributed by atoms with E-state index in [1.165, 1.54) is 4.88 Å². The minimum atomic E-state index is 0.0100. The molecule has 5 heteroatoms. The SMILES string of the molecule is CC(c1cccs1)N(C)Cc1ccnc(C(=N)N)c1. The molecule has 0 spiro atoms. The van der Waals surface area contributed by atoms with Gasteiger partial charge in [-0.3, -0.25) is 15.3 Å². The highest BCUT2D eigenvalue weighted by atomic mass is 32.1. The number of amidine groups is 1. The number of pyridine rings is 1. The first-order chi connectivity index (χ1) is 9.08. The Morgan fingerprint density at radius 3 is 2.95 bits per heavy atom. The van der Waals surface area contributed by atoms with Crippen LogP contribution in [0, 0.1) is 5.41 Å². The Morgan fingerprint density at radius 2 is 2.32 bits per heavy atom. The maximum atomic E-state index is 7.42. The van der Waals surface area contributed by atoms with Crippen LogP contribution in [0.3, 0.4) is 0 Å². The zero-order chi connectivity index (χ0) is 13.8. The van der Waals surface area contributed by atoms with Gasteiger partial charge in [0.05, 0.1) is 0 Å². The van der Waals surface area contributed by atoms with Gasteiger partial charge in [0.25, 0.3) is 0 Å². The fourth-order valence-electron chi connectivity index (χ4n) is 1.89. The van der Waals surface area contributed by atoms with Crippen LogP contribution in [0.4, 0.5) is 0 Å². The van der Waals surface area contributed by atoms with Crippen molar-refractivity contribution in [2.75, 3.05) is 7.05 Å². The van der Waals surface area contributed by atoms with Crippen LogP contribution in [0.5, 0.6) is 0 Å². The van der Waals surface area contributed by atoms with Crippen molar-refractivity contribution in [2.45, 2.75) is 19.5 Å². The minimum absolute atomic E-state index is 0.0100. The Hall–Kier alpha value is -1.72. The van der Waals surface area contributed by atoms with Crippen LogP contribution in [0.1, 0.15) is 29.1 Å². The predicted molar refractivity (Wildman–Crippen MR) is 79.5 cm³/mol. The topological polar surface area (TPSA) is 66.0 Å². The molecule has 0 fully saturated rings. The molecule has 2 aromatic heterocycles. The molecule has 0 radical (unpaired) electrons. The normalized spacial score (nSPS) is 12.6. The largest absolute Gasteiger partial charge is 0.382 e. The van der Waals surface area contributed by atoms with Gasteiger partial charge in [-0.25, -0.2) is 0 Å². The number of nitrogens with zero attached hydrogens (tertiary/aromatic N) is 2. The fourth-order valence-corrected chi connectivity index (χ4v) is 2.74. The molecule has 0 saturated carbocycles. The molecule has 3 N–H and O–H groups in total. The molecule has 1 unspecified atom stereocenters. The molecule has 2 rings (SSSR count). The molecular weight excluding hydrogens is 256 g/mol.